The van der Waals surface area contributed by atoms with Gasteiger partial charge >= 0.3 is 5.97 Å². The minimum atomic E-state index is -1.90. The van der Waals surface area contributed by atoms with Crippen molar-refractivity contribution in [2.75, 3.05) is 32.8 Å². The lowest BCUT2D eigenvalue weighted by Gasteiger charge is -2.33. The van der Waals surface area contributed by atoms with Gasteiger partial charge in [0.15, 0.2) is 0 Å². The summed E-state index contributed by atoms with van der Waals surface area (Å²) in [5.74, 6) is -17.6. The maximum Gasteiger partial charge on any atom is 0.303 e. The van der Waals surface area contributed by atoms with Crippen molar-refractivity contribution >= 4 is 105 Å². The van der Waals surface area contributed by atoms with Crippen LogP contribution < -0.4 is 98.2 Å². The molecule has 15 amide bonds. The third-order valence-corrected chi connectivity index (χ3v) is 19.1. The number of hydrogen-bond donors (Lipinski definition) is 22. The molecule has 4 heterocycles. The second kappa shape index (κ2) is 41.9. The molecule has 0 bridgehead atoms. The fourth-order valence-corrected chi connectivity index (χ4v) is 12.6. The maximum absolute atomic E-state index is 15.1. The number of aliphatic carboxylic acids is 1. The molecule has 1 aromatic carbocycles. The number of aromatic amines is 1. The van der Waals surface area contributed by atoms with Crippen molar-refractivity contribution in [2.24, 2.45) is 40.3 Å². The first-order chi connectivity index (χ1) is 51.0. The third-order valence-electron chi connectivity index (χ3n) is 19.1. The van der Waals surface area contributed by atoms with E-state index < -0.39 is 248 Å². The Labute approximate surface area is 623 Å². The Balaban J connectivity index is 1.58. The molecule has 600 valence electrons. The predicted octanol–water partition coefficient (Wildman–Crippen LogP) is -8.78. The summed E-state index contributed by atoms with van der Waals surface area (Å²) in [5.41, 5.74) is 37.2. The number of carboxylic acids is 1. The van der Waals surface area contributed by atoms with Crippen LogP contribution in [-0.4, -0.2) is 266 Å². The van der Waals surface area contributed by atoms with Crippen LogP contribution in [0.25, 0.3) is 10.9 Å². The molecule has 3 aliphatic rings. The van der Waals surface area contributed by atoms with Gasteiger partial charge in [-0.15, -0.1) is 0 Å². The molecular formula is C68H109N21O19. The zero-order chi connectivity index (χ0) is 80.5. The highest BCUT2D eigenvalue weighted by atomic mass is 16.4. The number of aliphatic hydroxyl groups is 2. The number of fused-ring (bicyclic) bond motifs is 3. The second-order valence-electron chi connectivity index (χ2n) is 27.9. The molecule has 0 spiro atoms. The summed E-state index contributed by atoms with van der Waals surface area (Å²) >= 11 is 0. The van der Waals surface area contributed by atoms with Crippen LogP contribution in [0.3, 0.4) is 0 Å². The van der Waals surface area contributed by atoms with Crippen molar-refractivity contribution in [1.29, 1.82) is 0 Å². The van der Waals surface area contributed by atoms with Crippen molar-refractivity contribution in [3.63, 3.8) is 0 Å². The van der Waals surface area contributed by atoms with E-state index in [0.29, 0.717) is 22.9 Å². The lowest BCUT2D eigenvalue weighted by atomic mass is 9.96. The smallest absolute Gasteiger partial charge is 0.303 e. The van der Waals surface area contributed by atoms with E-state index in [4.69, 9.17) is 34.4 Å². The van der Waals surface area contributed by atoms with E-state index in [1.807, 2.05) is 0 Å². The number of amides is 15. The Bertz CT molecular complexity index is 3560. The highest BCUT2D eigenvalue weighted by molar-refractivity contribution is 6.02. The molecule has 40 nitrogen and oxygen atoms in total. The van der Waals surface area contributed by atoms with Crippen molar-refractivity contribution in [2.45, 2.75) is 241 Å². The molecule has 5 rings (SSSR count). The van der Waals surface area contributed by atoms with Crippen LogP contribution in [0.2, 0.25) is 0 Å². The highest BCUT2D eigenvalue weighted by Gasteiger charge is 2.46. The van der Waals surface area contributed by atoms with E-state index >= 15 is 4.79 Å². The summed E-state index contributed by atoms with van der Waals surface area (Å²) in [5, 5.41) is 61.1. The van der Waals surface area contributed by atoms with E-state index in [2.05, 4.69) is 68.8 Å². The number of para-hydroxylation sites is 1. The number of nitrogens with zero attached hydrogens (tertiary/aromatic N) is 2. The van der Waals surface area contributed by atoms with Crippen LogP contribution in [0.15, 0.2) is 30.5 Å². The summed E-state index contributed by atoms with van der Waals surface area (Å²) in [4.78, 5) is 231. The number of benzene rings is 1. The van der Waals surface area contributed by atoms with Gasteiger partial charge in [-0.05, 0) is 116 Å². The standard InChI is InChI=1S/C68H109N21O19/c1-8-31(2)50-62(102)79-41(20-22-48(74)92)56(96)77-40(17-11-12-24-69)58(98)84-53(34(5)72)65(105)87-52(33(4)71)64(104)81-44(29-90)60(100)85-54(35(6)73)66(106)86-51(32(3)70)63(103)76-36(7)55(95)82-45(30-91)67(107)89-26-14-19-47(89)68(108)88-25-13-18-46(88)61(101)78-42(21-23-49(93)94)57(97)80-43(59(99)83-50)27-37-28-75-39-16-10-9-15-38(37)39/h9-10,15-16,28,31-36,40-47,50-54,75,90-91H,8,11-14,17-27,29-30,69-73H2,1-7H3,(H2,74,92)(H,76,103)(H,77,96)(H,78,101)(H,79,102)(H,80,97)(H,81,104)(H,82,95)(H,83,99)(H,84,98)(H,85,100)(H,86,106)(H,87,105)(H,93,94)/t31-,32?,33?,34?,35?,36-,40-,41-,42-,43-,44-,45-,46-,47+,50-,51-,52-,53-,54-/m0/s1. The van der Waals surface area contributed by atoms with E-state index in [-0.39, 0.29) is 71.0 Å². The average Bonchev–Trinajstić information content (AvgIpc) is 1.63. The average molecular weight is 1520 g/mol. The number of aromatic nitrogens is 1. The Morgan fingerprint density at radius 2 is 0.889 bits per heavy atom. The summed E-state index contributed by atoms with van der Waals surface area (Å²) in [7, 11) is 0. The minimum Gasteiger partial charge on any atom is -0.481 e. The number of carbonyl (C=O) groups is 16. The number of nitrogens with one attached hydrogen (secondary N) is 13. The summed E-state index contributed by atoms with van der Waals surface area (Å²) in [6.07, 6.45) is 0.106. The molecular weight excluding hydrogens is 1410 g/mol. The number of H-pyrrole nitrogens is 1. The molecule has 2 aromatic rings. The number of nitrogens with two attached hydrogens (primary N) is 6. The van der Waals surface area contributed by atoms with Crippen LogP contribution in [-0.2, 0) is 83.1 Å². The summed E-state index contributed by atoms with van der Waals surface area (Å²) in [6.45, 7) is 7.52. The maximum atomic E-state index is 15.1. The number of rotatable bonds is 20. The predicted molar refractivity (Wildman–Crippen MR) is 387 cm³/mol. The van der Waals surface area contributed by atoms with Crippen molar-refractivity contribution in [1.82, 2.24) is 78.6 Å². The first-order valence-corrected chi connectivity index (χ1v) is 36.2. The van der Waals surface area contributed by atoms with Gasteiger partial charge in [-0.3, -0.25) is 76.7 Å². The zero-order valence-corrected chi connectivity index (χ0v) is 61.8. The molecule has 3 aliphatic heterocycles. The Hall–Kier alpha value is -10.0. The van der Waals surface area contributed by atoms with Gasteiger partial charge in [0.25, 0.3) is 0 Å². The first kappa shape index (κ1) is 88.6. The monoisotopic (exact) mass is 1520 g/mol. The number of carboxylic acid groups (broad SMARTS) is 1. The third kappa shape index (κ3) is 24.8. The van der Waals surface area contributed by atoms with Crippen LogP contribution in [0, 0.1) is 5.92 Å². The van der Waals surface area contributed by atoms with Gasteiger partial charge in [0.1, 0.15) is 84.6 Å². The second-order valence-corrected chi connectivity index (χ2v) is 27.9. The molecule has 108 heavy (non-hydrogen) atoms. The quantitative estimate of drug-likeness (QED) is 0.0548. The van der Waals surface area contributed by atoms with Crippen molar-refractivity contribution < 1.29 is 92.0 Å². The SMILES string of the molecule is CC[C@H](C)[C@@H]1NC(=O)[C@H](Cc2c[nH]c3ccccc23)NC(=O)[C@H](CCC(=O)O)NC(=O)[C@@H]2CCCN2C(=O)[C@H]2CCCN2C(=O)[C@H](CO)NC(=O)[C@H](C)NC(=O)[C@H](C(C)N)NC(=O)[C@H](C(C)N)NC(=O)[C@H](CO)NC(=O)[C@H](C(C)N)NC(=O)[C@H](C(C)N)NC(=O)[C@H](CCCCN)NC(=O)[C@H](CCC(N)=O)NC1=O. The van der Waals surface area contributed by atoms with Crippen LogP contribution in [0.5, 0.6) is 0 Å². The molecule has 40 heteroatoms. The molecule has 28 N–H and O–H groups in total. The van der Waals surface area contributed by atoms with Gasteiger partial charge in [0.2, 0.25) is 88.6 Å². The molecule has 0 radical (unpaired) electrons. The number of hydrogen-bond acceptors (Lipinski definition) is 23. The summed E-state index contributed by atoms with van der Waals surface area (Å²) in [6, 6.07) is -20.9. The lowest BCUT2D eigenvalue weighted by Crippen LogP contribution is -2.66. The first-order valence-electron chi connectivity index (χ1n) is 36.2. The van der Waals surface area contributed by atoms with Crippen LogP contribution in [0.1, 0.15) is 131 Å². The van der Waals surface area contributed by atoms with Crippen molar-refractivity contribution in [3.05, 3.63) is 36.0 Å². The van der Waals surface area contributed by atoms with E-state index in [0.717, 1.165) is 4.90 Å². The molecule has 0 aliphatic carbocycles. The van der Waals surface area contributed by atoms with Gasteiger partial charge in [-0.25, -0.2) is 0 Å². The van der Waals surface area contributed by atoms with E-state index in [9.17, 15) is 87.2 Å². The van der Waals surface area contributed by atoms with Gasteiger partial charge in [-0.1, -0.05) is 38.5 Å². The van der Waals surface area contributed by atoms with Gasteiger partial charge in [0, 0.05) is 73.6 Å². The van der Waals surface area contributed by atoms with Gasteiger partial charge < -0.3 is 128 Å². The Kier molecular flexibility index (Phi) is 34.4. The van der Waals surface area contributed by atoms with Crippen LogP contribution >= 0.6 is 0 Å². The van der Waals surface area contributed by atoms with Crippen molar-refractivity contribution in [3.8, 4) is 0 Å². The van der Waals surface area contributed by atoms with Gasteiger partial charge in [0.05, 0.1) is 13.2 Å². The number of aliphatic hydroxyl groups excluding tert-OH is 2. The molecule has 0 saturated carbocycles. The normalized spacial score (nSPS) is 28.3. The molecule has 3 fully saturated rings. The highest BCUT2D eigenvalue weighted by Crippen LogP contribution is 2.27. The number of primary amides is 1. The summed E-state index contributed by atoms with van der Waals surface area (Å²) < 4.78 is 0. The van der Waals surface area contributed by atoms with E-state index in [1.165, 1.54) is 39.5 Å². The fraction of sp³-hybridized carbons (Fsp3) is 0.647. The van der Waals surface area contributed by atoms with E-state index in [1.54, 1.807) is 44.3 Å². The Morgan fingerprint density at radius 1 is 0.481 bits per heavy atom. The molecule has 19 atom stereocenters. The minimum absolute atomic E-state index is 0.0257. The molecule has 4 unspecified atom stereocenters. The lowest BCUT2D eigenvalue weighted by molar-refractivity contribution is -0.148. The Morgan fingerprint density at radius 3 is 1.41 bits per heavy atom. The zero-order valence-electron chi connectivity index (χ0n) is 61.8. The van der Waals surface area contributed by atoms with Gasteiger partial charge in [-0.2, -0.15) is 0 Å². The fourth-order valence-electron chi connectivity index (χ4n) is 12.6. The topological polar surface area (TPSA) is 657 Å². The number of unbranched alkanes of at least 4 members (excludes halogenated alkanes) is 1. The molecule has 3 saturated heterocycles. The van der Waals surface area contributed by atoms with Crippen LogP contribution in [0.4, 0.5) is 0 Å². The molecule has 1 aromatic heterocycles. The largest absolute Gasteiger partial charge is 0.481 e. The number of carbonyl (C=O) groups excluding carboxylic acids is 15.